The Kier molecular flexibility index (Phi) is 7.43. The molecule has 0 aliphatic heterocycles. The summed E-state index contributed by atoms with van der Waals surface area (Å²) in [7, 11) is -8.73. The van der Waals surface area contributed by atoms with Gasteiger partial charge in [-0.1, -0.05) is 70.5 Å². The normalized spacial score (nSPS) is 12.0. The van der Waals surface area contributed by atoms with Gasteiger partial charge in [0.05, 0.1) is 9.79 Å². The molecule has 3 rings (SSSR count). The fourth-order valence-electron chi connectivity index (χ4n) is 2.87. The molecule has 0 spiro atoms. The number of nitriles is 1. The maximum absolute atomic E-state index is 13.3. The molecule has 164 valence electrons. The molecular formula is C23H20N2O5S2. The maximum atomic E-state index is 13.3. The van der Waals surface area contributed by atoms with Crippen LogP contribution in [-0.4, -0.2) is 33.7 Å². The van der Waals surface area contributed by atoms with Gasteiger partial charge in [-0.05, 0) is 30.3 Å². The number of benzene rings is 3. The molecule has 0 heterocycles. The third-order valence-electron chi connectivity index (χ3n) is 4.38. The van der Waals surface area contributed by atoms with Gasteiger partial charge in [0.15, 0.2) is 6.61 Å². The van der Waals surface area contributed by atoms with Crippen molar-refractivity contribution in [2.45, 2.75) is 9.79 Å². The van der Waals surface area contributed by atoms with E-state index in [9.17, 15) is 16.8 Å². The number of para-hydroxylation sites is 1. The number of hydrogen-bond donors (Lipinski definition) is 0. The predicted octanol–water partition coefficient (Wildman–Crippen LogP) is 3.68. The highest BCUT2D eigenvalue weighted by Crippen LogP contribution is 2.25. The minimum Gasteiger partial charge on any atom is -0.478 e. The van der Waals surface area contributed by atoms with Gasteiger partial charge in [0.25, 0.3) is 20.0 Å². The van der Waals surface area contributed by atoms with Crippen molar-refractivity contribution in [1.82, 2.24) is 3.71 Å². The van der Waals surface area contributed by atoms with Crippen molar-refractivity contribution < 1.29 is 21.6 Å². The topological polar surface area (TPSA) is 105 Å². The predicted molar refractivity (Wildman–Crippen MR) is 121 cm³/mol. The molecule has 0 radical (unpaired) electrons. The van der Waals surface area contributed by atoms with Crippen LogP contribution in [0.2, 0.25) is 0 Å². The summed E-state index contributed by atoms with van der Waals surface area (Å²) in [5.41, 5.74) is 0.580. The average molecular weight is 469 g/mol. The van der Waals surface area contributed by atoms with Gasteiger partial charge < -0.3 is 4.74 Å². The molecule has 0 aliphatic carbocycles. The van der Waals surface area contributed by atoms with Crippen molar-refractivity contribution in [2.24, 2.45) is 0 Å². The first-order valence-corrected chi connectivity index (χ1v) is 12.4. The molecule has 0 N–H and O–H groups in total. The second-order valence-electron chi connectivity index (χ2n) is 6.48. The van der Waals surface area contributed by atoms with Gasteiger partial charge in [-0.2, -0.15) is 5.26 Å². The van der Waals surface area contributed by atoms with Crippen LogP contribution >= 0.6 is 0 Å². The SMILES string of the molecule is N#CCOc1ccccc1/C=C/CN(S(=O)(=O)c1ccccc1)S(=O)(=O)c1ccccc1. The van der Waals surface area contributed by atoms with Crippen LogP contribution in [0, 0.1) is 11.3 Å². The maximum Gasteiger partial charge on any atom is 0.256 e. The fraction of sp³-hybridized carbons (Fsp3) is 0.0870. The molecule has 32 heavy (non-hydrogen) atoms. The molecule has 0 aliphatic rings. The summed E-state index contributed by atoms with van der Waals surface area (Å²) in [6, 6.07) is 23.5. The number of sulfonamides is 2. The van der Waals surface area contributed by atoms with Crippen molar-refractivity contribution in [3.05, 3.63) is 96.6 Å². The molecule has 3 aromatic rings. The summed E-state index contributed by atoms with van der Waals surface area (Å²) in [5.74, 6) is 0.425. The van der Waals surface area contributed by atoms with Gasteiger partial charge in [-0.3, -0.25) is 0 Å². The van der Waals surface area contributed by atoms with Gasteiger partial charge in [0.1, 0.15) is 11.8 Å². The lowest BCUT2D eigenvalue weighted by Crippen LogP contribution is -2.37. The van der Waals surface area contributed by atoms with E-state index in [1.54, 1.807) is 42.5 Å². The van der Waals surface area contributed by atoms with Gasteiger partial charge in [0, 0.05) is 12.1 Å². The summed E-state index contributed by atoms with van der Waals surface area (Å²) >= 11 is 0. The number of rotatable bonds is 9. The highest BCUT2D eigenvalue weighted by Gasteiger charge is 2.35. The minimum absolute atomic E-state index is 0.134. The van der Waals surface area contributed by atoms with Crippen molar-refractivity contribution in [1.29, 1.82) is 5.26 Å². The fourth-order valence-corrected chi connectivity index (χ4v) is 6.46. The van der Waals surface area contributed by atoms with E-state index >= 15 is 0 Å². The molecule has 0 amide bonds. The first-order chi connectivity index (χ1) is 15.4. The third-order valence-corrected chi connectivity index (χ3v) is 8.67. The first kappa shape index (κ1) is 23.2. The average Bonchev–Trinajstić information content (AvgIpc) is 2.82. The van der Waals surface area contributed by atoms with E-state index in [-0.39, 0.29) is 16.4 Å². The van der Waals surface area contributed by atoms with Crippen LogP contribution in [-0.2, 0) is 20.0 Å². The second kappa shape index (κ2) is 10.2. The van der Waals surface area contributed by atoms with E-state index in [0.717, 1.165) is 0 Å². The molecule has 0 saturated heterocycles. The number of hydrogen-bond acceptors (Lipinski definition) is 6. The summed E-state index contributed by atoms with van der Waals surface area (Å²) in [5, 5.41) is 8.73. The van der Waals surface area contributed by atoms with Gasteiger partial charge in [-0.15, -0.1) is 0 Å². The summed E-state index contributed by atoms with van der Waals surface area (Å²) in [4.78, 5) is -0.267. The molecule has 0 aromatic heterocycles. The van der Waals surface area contributed by atoms with Crippen LogP contribution in [0.15, 0.2) is 101 Å². The highest BCUT2D eigenvalue weighted by molar-refractivity contribution is 8.04. The number of ether oxygens (including phenoxy) is 1. The third kappa shape index (κ3) is 5.23. The van der Waals surface area contributed by atoms with Crippen molar-refractivity contribution in [3.63, 3.8) is 0 Å². The molecule has 0 atom stereocenters. The van der Waals surface area contributed by atoms with E-state index < -0.39 is 26.6 Å². The van der Waals surface area contributed by atoms with E-state index in [4.69, 9.17) is 10.00 Å². The van der Waals surface area contributed by atoms with Crippen LogP contribution in [0.5, 0.6) is 5.75 Å². The lowest BCUT2D eigenvalue weighted by molar-refractivity contribution is 0.367. The monoisotopic (exact) mass is 468 g/mol. The highest BCUT2D eigenvalue weighted by atomic mass is 32.3. The standard InChI is InChI=1S/C23H20N2O5S2/c24-17-19-30-23-16-8-7-10-20(23)11-9-18-25(31(26,27)21-12-3-1-4-13-21)32(28,29)22-14-5-2-6-15-22/h1-16H,18-19H2/b11-9+. The Morgan fingerprint density at radius 3 is 1.81 bits per heavy atom. The van der Waals surface area contributed by atoms with Crippen LogP contribution < -0.4 is 4.74 Å². The molecule has 3 aromatic carbocycles. The smallest absolute Gasteiger partial charge is 0.256 e. The zero-order valence-corrected chi connectivity index (χ0v) is 18.5. The molecule has 0 fully saturated rings. The zero-order chi connectivity index (χ0) is 23.0. The van der Waals surface area contributed by atoms with E-state index in [1.165, 1.54) is 54.6 Å². The molecule has 9 heteroatoms. The Morgan fingerprint density at radius 1 is 0.781 bits per heavy atom. The summed E-state index contributed by atoms with van der Waals surface area (Å²) in [6.45, 7) is -0.581. The van der Waals surface area contributed by atoms with Crippen molar-refractivity contribution in [2.75, 3.05) is 13.2 Å². The van der Waals surface area contributed by atoms with Crippen LogP contribution in [0.4, 0.5) is 0 Å². The van der Waals surface area contributed by atoms with E-state index in [2.05, 4.69) is 0 Å². The molecule has 0 unspecified atom stereocenters. The van der Waals surface area contributed by atoms with E-state index in [1.807, 2.05) is 6.07 Å². The van der Waals surface area contributed by atoms with E-state index in [0.29, 0.717) is 15.0 Å². The second-order valence-corrected chi connectivity index (χ2v) is 10.4. The van der Waals surface area contributed by atoms with Gasteiger partial charge in [0.2, 0.25) is 0 Å². The van der Waals surface area contributed by atoms with Gasteiger partial charge >= 0.3 is 0 Å². The Labute approximate surface area is 187 Å². The lowest BCUT2D eigenvalue weighted by atomic mass is 10.2. The molecule has 0 saturated carbocycles. The Bertz CT molecular complexity index is 1260. The van der Waals surface area contributed by atoms with Crippen molar-refractivity contribution in [3.8, 4) is 11.8 Å². The summed E-state index contributed by atoms with van der Waals surface area (Å²) < 4.78 is 58.8. The van der Waals surface area contributed by atoms with Crippen molar-refractivity contribution >= 4 is 26.1 Å². The minimum atomic E-state index is -4.37. The number of nitrogens with zero attached hydrogens (tertiary/aromatic N) is 2. The molecule has 7 nitrogen and oxygen atoms in total. The Morgan fingerprint density at radius 2 is 1.28 bits per heavy atom. The van der Waals surface area contributed by atoms with Crippen LogP contribution in [0.1, 0.15) is 5.56 Å². The molecule has 0 bridgehead atoms. The van der Waals surface area contributed by atoms with Crippen LogP contribution in [0.25, 0.3) is 6.08 Å². The Balaban J connectivity index is 2.00. The Hall–Kier alpha value is -3.45. The van der Waals surface area contributed by atoms with Gasteiger partial charge in [-0.25, -0.2) is 16.8 Å². The lowest BCUT2D eigenvalue weighted by Gasteiger charge is -2.21. The zero-order valence-electron chi connectivity index (χ0n) is 16.9. The summed E-state index contributed by atoms with van der Waals surface area (Å²) in [6.07, 6.45) is 2.98. The first-order valence-electron chi connectivity index (χ1n) is 9.51. The van der Waals surface area contributed by atoms with Crippen LogP contribution in [0.3, 0.4) is 0 Å². The quantitative estimate of drug-likeness (QED) is 0.474. The largest absolute Gasteiger partial charge is 0.478 e. The molecular weight excluding hydrogens is 448 g/mol.